The fourth-order valence-electron chi connectivity index (χ4n) is 2.66. The van der Waals surface area contributed by atoms with Crippen LogP contribution in [0.3, 0.4) is 0 Å². The maximum absolute atomic E-state index is 13.0. The summed E-state index contributed by atoms with van der Waals surface area (Å²) in [4.78, 5) is 23.7. The Kier molecular flexibility index (Phi) is 6.89. The summed E-state index contributed by atoms with van der Waals surface area (Å²) < 4.78 is 38.9. The normalized spacial score (nSPS) is 11.4. The average Bonchev–Trinajstić information content (AvgIpc) is 2.73. The molecular weight excluding hydrogens is 445 g/mol. The van der Waals surface area contributed by atoms with E-state index in [0.717, 1.165) is 12.1 Å². The van der Waals surface area contributed by atoms with Gasteiger partial charge in [0.2, 0.25) is 0 Å². The Labute approximate surface area is 186 Å². The monoisotopic (exact) mass is 460 g/mol. The summed E-state index contributed by atoms with van der Waals surface area (Å²) in [5.41, 5.74) is 0.637. The van der Waals surface area contributed by atoms with E-state index in [9.17, 15) is 22.8 Å². The maximum atomic E-state index is 13.0. The van der Waals surface area contributed by atoms with E-state index in [0.29, 0.717) is 22.6 Å². The van der Waals surface area contributed by atoms with Gasteiger partial charge in [-0.25, -0.2) is 4.79 Å². The first kappa shape index (κ1) is 23.0. The lowest BCUT2D eigenvalue weighted by Crippen LogP contribution is -2.19. The molecule has 3 rings (SSSR count). The Morgan fingerprint density at radius 2 is 1.44 bits per heavy atom. The van der Waals surface area contributed by atoms with Crippen molar-refractivity contribution in [2.45, 2.75) is 13.1 Å². The van der Waals surface area contributed by atoms with E-state index in [1.807, 2.05) is 0 Å². The number of nitrogens with one attached hydrogen (secondary N) is 2. The molecule has 0 bridgehead atoms. The molecule has 0 unspecified atom stereocenters. The van der Waals surface area contributed by atoms with Crippen molar-refractivity contribution >= 4 is 46.2 Å². The van der Waals surface area contributed by atoms with E-state index in [2.05, 4.69) is 20.9 Å². The zero-order chi connectivity index (χ0) is 23.3. The molecule has 0 aliphatic carbocycles. The van der Waals surface area contributed by atoms with Crippen LogP contribution in [0.15, 0.2) is 77.0 Å². The summed E-state index contributed by atoms with van der Waals surface area (Å²) in [6.07, 6.45) is -4.64. The molecule has 0 radical (unpaired) electrons. The van der Waals surface area contributed by atoms with Crippen molar-refractivity contribution in [2.75, 3.05) is 10.6 Å². The molecule has 3 aromatic carbocycles. The van der Waals surface area contributed by atoms with Crippen LogP contribution in [-0.2, 0) is 6.18 Å². The number of halogens is 4. The second-order valence-corrected chi connectivity index (χ2v) is 7.04. The Bertz CT molecular complexity index is 1200. The van der Waals surface area contributed by atoms with Gasteiger partial charge in [-0.2, -0.15) is 23.4 Å². The summed E-state index contributed by atoms with van der Waals surface area (Å²) in [6.45, 7) is 1.45. The van der Waals surface area contributed by atoms with Crippen molar-refractivity contribution in [3.63, 3.8) is 0 Å². The smallest absolute Gasteiger partial charge is 0.308 e. The standard InChI is InChI=1S/C22H16ClF3N4O2/c1-13(31)14-4-2-6-17(10-14)29-30-18-7-3-5-15(11-18)27-21(32)28-16-8-9-20(23)19(12-16)22(24,25)26/h2-12H,1H3,(H2,27,28,32). The molecule has 0 atom stereocenters. The predicted molar refractivity (Wildman–Crippen MR) is 116 cm³/mol. The maximum Gasteiger partial charge on any atom is 0.417 e. The first-order chi connectivity index (χ1) is 15.1. The highest BCUT2D eigenvalue weighted by atomic mass is 35.5. The van der Waals surface area contributed by atoms with Crippen LogP contribution in [0.25, 0.3) is 0 Å². The van der Waals surface area contributed by atoms with Crippen LogP contribution in [0.2, 0.25) is 5.02 Å². The molecule has 0 aliphatic rings. The second-order valence-electron chi connectivity index (χ2n) is 6.63. The van der Waals surface area contributed by atoms with Gasteiger partial charge in [0.15, 0.2) is 5.78 Å². The fourth-order valence-corrected chi connectivity index (χ4v) is 2.89. The lowest BCUT2D eigenvalue weighted by molar-refractivity contribution is -0.137. The van der Waals surface area contributed by atoms with E-state index in [4.69, 9.17) is 11.6 Å². The Balaban J connectivity index is 1.69. The third-order valence-electron chi connectivity index (χ3n) is 4.17. The first-order valence-corrected chi connectivity index (χ1v) is 9.57. The summed E-state index contributed by atoms with van der Waals surface area (Å²) in [5, 5.41) is 12.5. The quantitative estimate of drug-likeness (QED) is 0.303. The van der Waals surface area contributed by atoms with Gasteiger partial charge in [-0.15, -0.1) is 0 Å². The molecule has 0 aliphatic heterocycles. The molecule has 0 fully saturated rings. The van der Waals surface area contributed by atoms with E-state index in [1.165, 1.54) is 19.1 Å². The summed E-state index contributed by atoms with van der Waals surface area (Å²) in [5.74, 6) is -0.0951. The van der Waals surface area contributed by atoms with Gasteiger partial charge >= 0.3 is 12.2 Å². The minimum Gasteiger partial charge on any atom is -0.308 e. The van der Waals surface area contributed by atoms with Gasteiger partial charge in [-0.05, 0) is 55.5 Å². The Hall–Kier alpha value is -3.72. The number of Topliss-reactive ketones (excluding diaryl/α,β-unsaturated/α-hetero) is 1. The molecule has 0 heterocycles. The topological polar surface area (TPSA) is 82.9 Å². The highest BCUT2D eigenvalue weighted by molar-refractivity contribution is 6.31. The predicted octanol–water partition coefficient (Wildman–Crippen LogP) is 7.62. The van der Waals surface area contributed by atoms with Gasteiger partial charge in [-0.1, -0.05) is 29.8 Å². The molecule has 6 nitrogen and oxygen atoms in total. The third kappa shape index (κ3) is 6.14. The number of alkyl halides is 3. The SMILES string of the molecule is CC(=O)c1cccc(N=Nc2cccc(NC(=O)Nc3ccc(Cl)c(C(F)(F)F)c3)c2)c1. The fraction of sp³-hybridized carbons (Fsp3) is 0.0909. The summed E-state index contributed by atoms with van der Waals surface area (Å²) in [6, 6.07) is 15.4. The molecule has 164 valence electrons. The van der Waals surface area contributed by atoms with Gasteiger partial charge in [0.1, 0.15) is 0 Å². The van der Waals surface area contributed by atoms with E-state index in [1.54, 1.807) is 42.5 Å². The Morgan fingerprint density at radius 3 is 2.06 bits per heavy atom. The van der Waals surface area contributed by atoms with Crippen LogP contribution in [0.1, 0.15) is 22.8 Å². The number of azo groups is 1. The van der Waals surface area contributed by atoms with Crippen LogP contribution >= 0.6 is 11.6 Å². The number of benzene rings is 3. The van der Waals surface area contributed by atoms with Gasteiger partial charge in [0.25, 0.3) is 0 Å². The number of nitrogens with zero attached hydrogens (tertiary/aromatic N) is 2. The minimum atomic E-state index is -4.64. The molecule has 0 saturated carbocycles. The molecule has 2 amide bonds. The zero-order valence-corrected chi connectivity index (χ0v) is 17.3. The number of rotatable bonds is 5. The first-order valence-electron chi connectivity index (χ1n) is 9.19. The molecule has 0 spiro atoms. The minimum absolute atomic E-state index is 0.0691. The number of hydrogen-bond donors (Lipinski definition) is 2. The van der Waals surface area contributed by atoms with Gasteiger partial charge in [0, 0.05) is 16.9 Å². The largest absolute Gasteiger partial charge is 0.417 e. The van der Waals surface area contributed by atoms with Crippen molar-refractivity contribution < 1.29 is 22.8 Å². The highest BCUT2D eigenvalue weighted by Gasteiger charge is 2.33. The lowest BCUT2D eigenvalue weighted by Gasteiger charge is -2.12. The van der Waals surface area contributed by atoms with E-state index < -0.39 is 22.8 Å². The molecule has 0 saturated heterocycles. The third-order valence-corrected chi connectivity index (χ3v) is 4.50. The van der Waals surface area contributed by atoms with Crippen LogP contribution in [0.5, 0.6) is 0 Å². The van der Waals surface area contributed by atoms with Crippen molar-refractivity contribution in [1.29, 1.82) is 0 Å². The van der Waals surface area contributed by atoms with Crippen molar-refractivity contribution in [3.05, 3.63) is 82.9 Å². The molecule has 2 N–H and O–H groups in total. The van der Waals surface area contributed by atoms with Crippen molar-refractivity contribution in [2.24, 2.45) is 10.2 Å². The van der Waals surface area contributed by atoms with Gasteiger partial charge in [0.05, 0.1) is 22.0 Å². The van der Waals surface area contributed by atoms with Crippen molar-refractivity contribution in [3.8, 4) is 0 Å². The average molecular weight is 461 g/mol. The van der Waals surface area contributed by atoms with Gasteiger partial charge < -0.3 is 10.6 Å². The molecular formula is C22H16ClF3N4O2. The number of amides is 2. The van der Waals surface area contributed by atoms with Crippen LogP contribution in [0, 0.1) is 0 Å². The zero-order valence-electron chi connectivity index (χ0n) is 16.6. The number of anilines is 2. The molecule has 3 aromatic rings. The summed E-state index contributed by atoms with van der Waals surface area (Å²) >= 11 is 5.58. The lowest BCUT2D eigenvalue weighted by atomic mass is 10.1. The van der Waals surface area contributed by atoms with Crippen LogP contribution in [0.4, 0.5) is 40.7 Å². The van der Waals surface area contributed by atoms with Crippen LogP contribution in [-0.4, -0.2) is 11.8 Å². The van der Waals surface area contributed by atoms with E-state index in [-0.39, 0.29) is 11.5 Å². The van der Waals surface area contributed by atoms with Crippen LogP contribution < -0.4 is 10.6 Å². The Morgan fingerprint density at radius 1 is 0.844 bits per heavy atom. The second kappa shape index (κ2) is 9.61. The van der Waals surface area contributed by atoms with Crippen molar-refractivity contribution in [1.82, 2.24) is 0 Å². The molecule has 0 aromatic heterocycles. The molecule has 10 heteroatoms. The number of hydrogen-bond acceptors (Lipinski definition) is 4. The molecule has 32 heavy (non-hydrogen) atoms. The summed E-state index contributed by atoms with van der Waals surface area (Å²) in [7, 11) is 0. The number of urea groups is 1. The number of ketones is 1. The van der Waals surface area contributed by atoms with Gasteiger partial charge in [-0.3, -0.25) is 4.79 Å². The van der Waals surface area contributed by atoms with E-state index >= 15 is 0 Å². The number of carbonyl (C=O) groups excluding carboxylic acids is 2. The highest BCUT2D eigenvalue weighted by Crippen LogP contribution is 2.36. The number of carbonyl (C=O) groups is 2.